The van der Waals surface area contributed by atoms with Crippen LogP contribution in [-0.2, 0) is 4.79 Å². The fourth-order valence-corrected chi connectivity index (χ4v) is 2.57. The lowest BCUT2D eigenvalue weighted by Crippen LogP contribution is -2.50. The minimum atomic E-state index is -1.33. The fourth-order valence-electron chi connectivity index (χ4n) is 2.15. The monoisotopic (exact) mass is 326 g/mol. The molecule has 1 atom stereocenters. The van der Waals surface area contributed by atoms with Crippen molar-refractivity contribution in [3.8, 4) is 0 Å². The SMILES string of the molecule is Cc1ccc(Br)c(C(=O)N2CCC(N)(C(=O)O)C2)c1. The van der Waals surface area contributed by atoms with E-state index >= 15 is 0 Å². The quantitative estimate of drug-likeness (QED) is 0.860. The second-order valence-electron chi connectivity index (χ2n) is 4.92. The summed E-state index contributed by atoms with van der Waals surface area (Å²) in [6.07, 6.45) is 0.275. The van der Waals surface area contributed by atoms with E-state index in [9.17, 15) is 9.59 Å². The molecule has 1 aromatic carbocycles. The zero-order chi connectivity index (χ0) is 14.2. The van der Waals surface area contributed by atoms with Gasteiger partial charge in [0.15, 0.2) is 0 Å². The second kappa shape index (κ2) is 4.94. The molecule has 1 aliphatic rings. The molecule has 1 aliphatic heterocycles. The fraction of sp³-hybridized carbons (Fsp3) is 0.385. The van der Waals surface area contributed by atoms with Crippen molar-refractivity contribution in [2.24, 2.45) is 5.73 Å². The van der Waals surface area contributed by atoms with Crippen molar-refractivity contribution in [3.05, 3.63) is 33.8 Å². The first-order valence-corrected chi connectivity index (χ1v) is 6.70. The summed E-state index contributed by atoms with van der Waals surface area (Å²) >= 11 is 3.34. The lowest BCUT2D eigenvalue weighted by molar-refractivity contribution is -0.142. The van der Waals surface area contributed by atoms with Crippen LogP contribution in [0.25, 0.3) is 0 Å². The van der Waals surface area contributed by atoms with Crippen LogP contribution in [0.1, 0.15) is 22.3 Å². The average Bonchev–Trinajstić information content (AvgIpc) is 2.76. The Morgan fingerprint density at radius 2 is 2.16 bits per heavy atom. The van der Waals surface area contributed by atoms with Crippen LogP contribution in [0.3, 0.4) is 0 Å². The Morgan fingerprint density at radius 1 is 1.47 bits per heavy atom. The van der Waals surface area contributed by atoms with Crippen molar-refractivity contribution >= 4 is 27.8 Å². The van der Waals surface area contributed by atoms with E-state index in [0.717, 1.165) is 5.56 Å². The van der Waals surface area contributed by atoms with Gasteiger partial charge in [-0.25, -0.2) is 0 Å². The van der Waals surface area contributed by atoms with Crippen LogP contribution in [-0.4, -0.2) is 40.5 Å². The number of likely N-dealkylation sites (tertiary alicyclic amines) is 1. The van der Waals surface area contributed by atoms with E-state index in [2.05, 4.69) is 15.9 Å². The highest BCUT2D eigenvalue weighted by molar-refractivity contribution is 9.10. The van der Waals surface area contributed by atoms with Crippen molar-refractivity contribution in [1.29, 1.82) is 0 Å². The van der Waals surface area contributed by atoms with Gasteiger partial charge in [0.2, 0.25) is 0 Å². The smallest absolute Gasteiger partial charge is 0.325 e. The van der Waals surface area contributed by atoms with Crippen LogP contribution in [0.2, 0.25) is 0 Å². The molecule has 0 aromatic heterocycles. The molecule has 5 nitrogen and oxygen atoms in total. The predicted octanol–water partition coefficient (Wildman–Crippen LogP) is 1.39. The molecule has 1 fully saturated rings. The Bertz CT molecular complexity index is 547. The van der Waals surface area contributed by atoms with E-state index in [1.807, 2.05) is 19.1 Å². The molecular weight excluding hydrogens is 312 g/mol. The van der Waals surface area contributed by atoms with Gasteiger partial charge in [-0.15, -0.1) is 0 Å². The molecule has 1 aromatic rings. The Kier molecular flexibility index (Phi) is 3.64. The highest BCUT2D eigenvalue weighted by atomic mass is 79.9. The summed E-state index contributed by atoms with van der Waals surface area (Å²) in [5.74, 6) is -1.25. The van der Waals surface area contributed by atoms with Crippen molar-refractivity contribution < 1.29 is 14.7 Å². The summed E-state index contributed by atoms with van der Waals surface area (Å²) in [5.41, 5.74) is 5.96. The van der Waals surface area contributed by atoms with E-state index in [1.165, 1.54) is 4.90 Å². The van der Waals surface area contributed by atoms with Crippen molar-refractivity contribution in [3.63, 3.8) is 0 Å². The normalized spacial score (nSPS) is 22.6. The Balaban J connectivity index is 2.22. The van der Waals surface area contributed by atoms with Crippen LogP contribution in [0, 0.1) is 6.92 Å². The van der Waals surface area contributed by atoms with Gasteiger partial charge in [0.1, 0.15) is 5.54 Å². The Hall–Kier alpha value is -1.40. The number of carbonyl (C=O) groups is 2. The number of aliphatic carboxylic acids is 1. The zero-order valence-corrected chi connectivity index (χ0v) is 12.1. The number of aryl methyl sites for hydroxylation is 1. The summed E-state index contributed by atoms with van der Waals surface area (Å²) in [5, 5.41) is 9.07. The van der Waals surface area contributed by atoms with Crippen molar-refractivity contribution in [1.82, 2.24) is 4.90 Å². The number of hydrogen-bond donors (Lipinski definition) is 2. The maximum absolute atomic E-state index is 12.4. The van der Waals surface area contributed by atoms with E-state index in [-0.39, 0.29) is 18.9 Å². The number of benzene rings is 1. The van der Waals surface area contributed by atoms with Gasteiger partial charge in [-0.05, 0) is 41.4 Å². The lowest BCUT2D eigenvalue weighted by atomic mass is 10.0. The summed E-state index contributed by atoms with van der Waals surface area (Å²) < 4.78 is 0.702. The van der Waals surface area contributed by atoms with Crippen LogP contribution in [0.15, 0.2) is 22.7 Å². The maximum atomic E-state index is 12.4. The highest BCUT2D eigenvalue weighted by Crippen LogP contribution is 2.25. The number of carboxylic acids is 1. The number of carbonyl (C=O) groups excluding carboxylic acids is 1. The van der Waals surface area contributed by atoms with Crippen molar-refractivity contribution in [2.45, 2.75) is 18.9 Å². The number of hydrogen-bond acceptors (Lipinski definition) is 3. The summed E-state index contributed by atoms with van der Waals surface area (Å²) in [7, 11) is 0. The topological polar surface area (TPSA) is 83.6 Å². The average molecular weight is 327 g/mol. The van der Waals surface area contributed by atoms with Crippen LogP contribution in [0.4, 0.5) is 0 Å². The molecule has 0 aliphatic carbocycles. The molecule has 1 unspecified atom stereocenters. The molecule has 1 heterocycles. The first kappa shape index (κ1) is 14.0. The molecule has 6 heteroatoms. The van der Waals surface area contributed by atoms with Gasteiger partial charge in [-0.2, -0.15) is 0 Å². The Morgan fingerprint density at radius 3 is 2.74 bits per heavy atom. The molecule has 0 radical (unpaired) electrons. The van der Waals surface area contributed by atoms with E-state index < -0.39 is 11.5 Å². The second-order valence-corrected chi connectivity index (χ2v) is 5.78. The number of amides is 1. The third-order valence-corrected chi connectivity index (χ3v) is 4.06. The molecule has 0 spiro atoms. The molecule has 19 heavy (non-hydrogen) atoms. The van der Waals surface area contributed by atoms with Gasteiger partial charge in [0.05, 0.1) is 5.56 Å². The molecule has 0 saturated carbocycles. The standard InChI is InChI=1S/C13H15BrN2O3/c1-8-2-3-10(14)9(6-8)11(17)16-5-4-13(15,7-16)12(18)19/h2-3,6H,4-5,7,15H2,1H3,(H,18,19). The van der Waals surface area contributed by atoms with Crippen LogP contribution >= 0.6 is 15.9 Å². The van der Waals surface area contributed by atoms with Gasteiger partial charge < -0.3 is 15.7 Å². The number of nitrogens with zero attached hydrogens (tertiary/aromatic N) is 1. The predicted molar refractivity (Wildman–Crippen MR) is 74.0 cm³/mol. The maximum Gasteiger partial charge on any atom is 0.325 e. The minimum absolute atomic E-state index is 0.0432. The van der Waals surface area contributed by atoms with Crippen LogP contribution < -0.4 is 5.73 Å². The van der Waals surface area contributed by atoms with Crippen LogP contribution in [0.5, 0.6) is 0 Å². The van der Waals surface area contributed by atoms with E-state index in [0.29, 0.717) is 16.6 Å². The molecule has 1 amide bonds. The highest BCUT2D eigenvalue weighted by Gasteiger charge is 2.43. The third kappa shape index (κ3) is 2.64. The zero-order valence-electron chi connectivity index (χ0n) is 10.5. The molecule has 2 rings (SSSR count). The number of carboxylic acid groups (broad SMARTS) is 1. The largest absolute Gasteiger partial charge is 0.480 e. The van der Waals surface area contributed by atoms with Gasteiger partial charge in [0.25, 0.3) is 5.91 Å². The number of halogens is 1. The molecule has 0 bridgehead atoms. The summed E-state index contributed by atoms with van der Waals surface area (Å²) in [6.45, 7) is 2.31. The number of rotatable bonds is 2. The van der Waals surface area contributed by atoms with Gasteiger partial charge in [0, 0.05) is 17.6 Å². The molecular formula is C13H15BrN2O3. The summed E-state index contributed by atoms with van der Waals surface area (Å²) in [6, 6.07) is 5.49. The first-order valence-electron chi connectivity index (χ1n) is 5.91. The third-order valence-electron chi connectivity index (χ3n) is 3.37. The van der Waals surface area contributed by atoms with Gasteiger partial charge >= 0.3 is 5.97 Å². The Labute approximate surface area is 119 Å². The summed E-state index contributed by atoms with van der Waals surface area (Å²) in [4.78, 5) is 24.9. The van der Waals surface area contributed by atoms with E-state index in [4.69, 9.17) is 10.8 Å². The lowest BCUT2D eigenvalue weighted by Gasteiger charge is -2.20. The van der Waals surface area contributed by atoms with Gasteiger partial charge in [-0.3, -0.25) is 9.59 Å². The molecule has 1 saturated heterocycles. The molecule has 102 valence electrons. The van der Waals surface area contributed by atoms with E-state index in [1.54, 1.807) is 6.07 Å². The first-order chi connectivity index (χ1) is 8.83. The van der Waals surface area contributed by atoms with Gasteiger partial charge in [-0.1, -0.05) is 11.6 Å². The minimum Gasteiger partial charge on any atom is -0.480 e. The molecule has 3 N–H and O–H groups in total. The van der Waals surface area contributed by atoms with Crippen molar-refractivity contribution in [2.75, 3.05) is 13.1 Å². The number of nitrogens with two attached hydrogens (primary N) is 1.